The lowest BCUT2D eigenvalue weighted by Crippen LogP contribution is -2.54. The van der Waals surface area contributed by atoms with Crippen LogP contribution in [0.4, 0.5) is 13.2 Å². The summed E-state index contributed by atoms with van der Waals surface area (Å²) in [7, 11) is -2.61. The van der Waals surface area contributed by atoms with Crippen LogP contribution in [0.15, 0.2) is 11.3 Å². The van der Waals surface area contributed by atoms with Crippen molar-refractivity contribution in [2.75, 3.05) is 6.61 Å². The highest BCUT2D eigenvalue weighted by atomic mass is 28.4. The first-order valence-corrected chi connectivity index (χ1v) is 10.4. The van der Waals surface area contributed by atoms with Crippen molar-refractivity contribution < 1.29 is 36.7 Å². The summed E-state index contributed by atoms with van der Waals surface area (Å²) < 4.78 is 55.5. The van der Waals surface area contributed by atoms with E-state index < -0.39 is 43.4 Å². The van der Waals surface area contributed by atoms with E-state index in [9.17, 15) is 22.8 Å². The van der Waals surface area contributed by atoms with Gasteiger partial charge in [-0.25, -0.2) is 9.59 Å². The van der Waals surface area contributed by atoms with Crippen molar-refractivity contribution in [1.82, 2.24) is 0 Å². The molecule has 1 aliphatic rings. The number of halogens is 3. The van der Waals surface area contributed by atoms with Gasteiger partial charge in [-0.15, -0.1) is 0 Å². The number of esters is 2. The van der Waals surface area contributed by atoms with Gasteiger partial charge in [-0.1, -0.05) is 20.8 Å². The second kappa shape index (κ2) is 6.09. The van der Waals surface area contributed by atoms with Gasteiger partial charge in [0.05, 0.1) is 6.61 Å². The first-order chi connectivity index (χ1) is 10.6. The van der Waals surface area contributed by atoms with E-state index in [1.165, 1.54) is 6.92 Å². The quantitative estimate of drug-likeness (QED) is 0.559. The number of rotatable bonds is 4. The molecule has 0 saturated heterocycles. The minimum atomic E-state index is -5.16. The van der Waals surface area contributed by atoms with Crippen LogP contribution in [0.2, 0.25) is 18.1 Å². The average Bonchev–Trinajstić information content (AvgIpc) is 2.62. The third kappa shape index (κ3) is 3.18. The van der Waals surface area contributed by atoms with Gasteiger partial charge in [0.2, 0.25) is 0 Å². The van der Waals surface area contributed by atoms with Crippen LogP contribution < -0.4 is 0 Å². The van der Waals surface area contributed by atoms with Crippen molar-refractivity contribution in [3.63, 3.8) is 0 Å². The monoisotopic (exact) mass is 368 g/mol. The van der Waals surface area contributed by atoms with Crippen LogP contribution in [0.1, 0.15) is 34.6 Å². The summed E-state index contributed by atoms with van der Waals surface area (Å²) in [6, 6.07) is 0. The Hall–Kier alpha value is -1.51. The second-order valence-electron chi connectivity index (χ2n) is 7.11. The Balaban J connectivity index is 3.46. The van der Waals surface area contributed by atoms with Crippen LogP contribution in [0, 0.1) is 0 Å². The molecular formula is C15H23F3O5Si. The minimum absolute atomic E-state index is 0.278. The Bertz CT molecular complexity index is 575. The third-order valence-electron chi connectivity index (χ3n) is 4.43. The number of hydrogen-bond acceptors (Lipinski definition) is 5. The Morgan fingerprint density at radius 2 is 1.75 bits per heavy atom. The molecule has 0 bridgehead atoms. The van der Waals surface area contributed by atoms with E-state index in [-0.39, 0.29) is 11.6 Å². The zero-order valence-corrected chi connectivity index (χ0v) is 15.9. The number of carbonyl (C=O) groups excluding carboxylic acids is 2. The third-order valence-corrected chi connectivity index (χ3v) is 8.75. The normalized spacial score (nSPS) is 22.5. The Kier molecular flexibility index (Phi) is 5.21. The lowest BCUT2D eigenvalue weighted by Gasteiger charge is -2.36. The molecule has 0 radical (unpaired) electrons. The Labute approximate surface area is 140 Å². The zero-order valence-electron chi connectivity index (χ0n) is 14.9. The molecule has 0 saturated carbocycles. The van der Waals surface area contributed by atoms with Crippen molar-refractivity contribution in [3.8, 4) is 0 Å². The highest BCUT2D eigenvalue weighted by Crippen LogP contribution is 2.48. The van der Waals surface area contributed by atoms with Crippen LogP contribution in [-0.2, 0) is 23.5 Å². The first kappa shape index (κ1) is 20.5. The van der Waals surface area contributed by atoms with Gasteiger partial charge in [0, 0.05) is 5.57 Å². The Morgan fingerprint density at radius 3 is 2.12 bits per heavy atom. The van der Waals surface area contributed by atoms with Gasteiger partial charge in [-0.2, -0.15) is 13.2 Å². The summed E-state index contributed by atoms with van der Waals surface area (Å²) in [6.45, 7) is 11.3. The van der Waals surface area contributed by atoms with E-state index in [1.54, 1.807) is 13.1 Å². The van der Waals surface area contributed by atoms with Gasteiger partial charge in [0.25, 0.3) is 8.32 Å². The topological polar surface area (TPSA) is 61.8 Å². The average molecular weight is 368 g/mol. The summed E-state index contributed by atoms with van der Waals surface area (Å²) in [5.74, 6) is -3.52. The molecule has 0 spiro atoms. The molecule has 24 heavy (non-hydrogen) atoms. The molecule has 1 heterocycles. The van der Waals surface area contributed by atoms with Gasteiger partial charge in [0.1, 0.15) is 0 Å². The van der Waals surface area contributed by atoms with Crippen LogP contribution in [0.5, 0.6) is 0 Å². The van der Waals surface area contributed by atoms with Gasteiger partial charge in [-0.05, 0) is 32.0 Å². The van der Waals surface area contributed by atoms with E-state index in [0.29, 0.717) is 0 Å². The molecule has 138 valence electrons. The fourth-order valence-corrected chi connectivity index (χ4v) is 2.97. The molecule has 0 fully saturated rings. The molecule has 0 amide bonds. The molecule has 0 aromatic rings. The summed E-state index contributed by atoms with van der Waals surface area (Å²) in [5.41, 5.74) is -4.07. The number of alkyl halides is 3. The predicted octanol–water partition coefficient (Wildman–Crippen LogP) is 3.70. The van der Waals surface area contributed by atoms with Crippen molar-refractivity contribution >= 4 is 20.3 Å². The molecule has 0 N–H and O–H groups in total. The van der Waals surface area contributed by atoms with Crippen molar-refractivity contribution in [1.29, 1.82) is 0 Å². The van der Waals surface area contributed by atoms with Crippen LogP contribution in [0.25, 0.3) is 0 Å². The molecular weight excluding hydrogens is 345 g/mol. The van der Waals surface area contributed by atoms with Crippen LogP contribution >= 0.6 is 0 Å². The fourth-order valence-electron chi connectivity index (χ4n) is 1.92. The SMILES string of the molecule is CCOC(=O)[C@]1(C(F)(F)F)OC(=O)C(O[Si](C)(C)C(C)(C)C)=C1C. The second-order valence-corrected chi connectivity index (χ2v) is 11.8. The zero-order chi connectivity index (χ0) is 19.1. The van der Waals surface area contributed by atoms with Gasteiger partial charge in [0.15, 0.2) is 5.76 Å². The maximum absolute atomic E-state index is 13.6. The van der Waals surface area contributed by atoms with Crippen molar-refractivity contribution in [2.45, 2.75) is 64.5 Å². The molecule has 1 rings (SSSR count). The molecule has 0 unspecified atom stereocenters. The molecule has 0 aliphatic carbocycles. The summed E-state index contributed by atoms with van der Waals surface area (Å²) >= 11 is 0. The van der Waals surface area contributed by atoms with E-state index in [4.69, 9.17) is 4.43 Å². The van der Waals surface area contributed by atoms with Gasteiger partial charge >= 0.3 is 23.7 Å². The van der Waals surface area contributed by atoms with E-state index >= 15 is 0 Å². The number of carbonyl (C=O) groups is 2. The number of cyclic esters (lactones) is 1. The van der Waals surface area contributed by atoms with Crippen molar-refractivity contribution in [2.24, 2.45) is 0 Å². The molecule has 9 heteroatoms. The molecule has 5 nitrogen and oxygen atoms in total. The maximum Gasteiger partial charge on any atom is 0.444 e. The largest absolute Gasteiger partial charge is 0.539 e. The number of hydrogen-bond donors (Lipinski definition) is 0. The molecule has 1 aliphatic heterocycles. The highest BCUT2D eigenvalue weighted by Gasteiger charge is 2.71. The smallest absolute Gasteiger partial charge is 0.444 e. The highest BCUT2D eigenvalue weighted by molar-refractivity contribution is 6.74. The van der Waals surface area contributed by atoms with Crippen LogP contribution in [0.3, 0.4) is 0 Å². The molecule has 0 aromatic carbocycles. The fraction of sp³-hybridized carbons (Fsp3) is 0.733. The maximum atomic E-state index is 13.6. The van der Waals surface area contributed by atoms with Crippen LogP contribution in [-0.4, -0.2) is 38.6 Å². The standard InChI is InChI=1S/C15H23F3O5Si/c1-8-21-12(20)14(15(16,17)18)9(2)10(11(19)22-14)23-24(6,7)13(3,4)5/h8H2,1-7H3/t14-/m1/s1. The van der Waals surface area contributed by atoms with E-state index in [0.717, 1.165) is 6.92 Å². The lowest BCUT2D eigenvalue weighted by molar-refractivity contribution is -0.253. The van der Waals surface area contributed by atoms with Gasteiger partial charge in [-0.3, -0.25) is 0 Å². The number of ether oxygens (including phenoxy) is 2. The first-order valence-electron chi connectivity index (χ1n) is 7.49. The Morgan fingerprint density at radius 1 is 1.25 bits per heavy atom. The summed E-state index contributed by atoms with van der Waals surface area (Å²) in [6.07, 6.45) is -5.16. The minimum Gasteiger partial charge on any atom is -0.539 e. The lowest BCUT2D eigenvalue weighted by atomic mass is 9.95. The predicted molar refractivity (Wildman–Crippen MR) is 82.5 cm³/mol. The molecule has 1 atom stereocenters. The van der Waals surface area contributed by atoms with Crippen molar-refractivity contribution in [3.05, 3.63) is 11.3 Å². The van der Waals surface area contributed by atoms with Gasteiger partial charge < -0.3 is 13.9 Å². The van der Waals surface area contributed by atoms with E-state index in [2.05, 4.69) is 9.47 Å². The summed E-state index contributed by atoms with van der Waals surface area (Å²) in [4.78, 5) is 24.0. The van der Waals surface area contributed by atoms with E-state index in [1.807, 2.05) is 20.8 Å². The molecule has 0 aromatic heterocycles. The summed E-state index contributed by atoms with van der Waals surface area (Å²) in [5, 5.41) is -0.353.